The van der Waals surface area contributed by atoms with E-state index in [9.17, 15) is 4.79 Å². The van der Waals surface area contributed by atoms with Gasteiger partial charge in [-0.2, -0.15) is 0 Å². The molecule has 3 heteroatoms. The molecule has 0 unspecified atom stereocenters. The second-order valence-corrected chi connectivity index (χ2v) is 3.34. The number of carbonyl (C=O) groups is 1. The van der Waals surface area contributed by atoms with Crippen LogP contribution >= 0.6 is 0 Å². The van der Waals surface area contributed by atoms with Gasteiger partial charge in [0, 0.05) is 12.1 Å². The summed E-state index contributed by atoms with van der Waals surface area (Å²) in [4.78, 5) is 15.6. The minimum absolute atomic E-state index is 0.0742. The third-order valence-corrected chi connectivity index (χ3v) is 2.49. The Bertz CT molecular complexity index is 349. The molecule has 1 aliphatic rings. The number of nitrogens with zero attached hydrogens (tertiary/aromatic N) is 1. The van der Waals surface area contributed by atoms with Crippen LogP contribution in [0.5, 0.6) is 0 Å². The Morgan fingerprint density at radius 3 is 3.00 bits per heavy atom. The van der Waals surface area contributed by atoms with Gasteiger partial charge in [0.15, 0.2) is 0 Å². The number of hydrogen-bond acceptors (Lipinski definition) is 3. The lowest BCUT2D eigenvalue weighted by Crippen LogP contribution is -2.29. The highest BCUT2D eigenvalue weighted by Crippen LogP contribution is 2.28. The number of carbonyl (C=O) groups excluding carboxylic acids is 1. The second-order valence-electron chi connectivity index (χ2n) is 3.34. The first kappa shape index (κ1) is 8.23. The molecule has 0 bridgehead atoms. The van der Waals surface area contributed by atoms with Crippen LogP contribution in [0.15, 0.2) is 18.3 Å². The van der Waals surface area contributed by atoms with E-state index in [4.69, 9.17) is 4.74 Å². The van der Waals surface area contributed by atoms with Crippen LogP contribution in [0.2, 0.25) is 0 Å². The van der Waals surface area contributed by atoms with Gasteiger partial charge in [-0.25, -0.2) is 4.79 Å². The van der Waals surface area contributed by atoms with E-state index in [-0.39, 0.29) is 18.0 Å². The van der Waals surface area contributed by atoms with Crippen LogP contribution in [0.4, 0.5) is 0 Å². The molecule has 68 valence electrons. The molecule has 0 fully saturated rings. The number of ether oxygens (including phenoxy) is 1. The topological polar surface area (TPSA) is 39.2 Å². The number of rotatable bonds is 0. The fourth-order valence-electron chi connectivity index (χ4n) is 1.51. The van der Waals surface area contributed by atoms with Crippen molar-refractivity contribution in [3.8, 4) is 0 Å². The molecule has 0 saturated carbocycles. The Kier molecular flexibility index (Phi) is 1.79. The van der Waals surface area contributed by atoms with Gasteiger partial charge in [0.2, 0.25) is 0 Å². The van der Waals surface area contributed by atoms with Crippen molar-refractivity contribution in [1.82, 2.24) is 4.98 Å². The minimum atomic E-state index is -0.256. The van der Waals surface area contributed by atoms with E-state index in [0.29, 0.717) is 5.56 Å². The van der Waals surface area contributed by atoms with Crippen molar-refractivity contribution in [1.29, 1.82) is 0 Å². The van der Waals surface area contributed by atoms with Crippen molar-refractivity contribution in [2.75, 3.05) is 0 Å². The van der Waals surface area contributed by atoms with Crippen molar-refractivity contribution in [3.63, 3.8) is 0 Å². The lowest BCUT2D eigenvalue weighted by Gasteiger charge is -2.26. The van der Waals surface area contributed by atoms with Crippen LogP contribution in [0.1, 0.15) is 35.8 Å². The van der Waals surface area contributed by atoms with E-state index in [0.717, 1.165) is 5.69 Å². The molecule has 2 rings (SSSR count). The molecule has 0 aromatic carbocycles. The summed E-state index contributed by atoms with van der Waals surface area (Å²) in [6.07, 6.45) is 1.63. The average Bonchev–Trinajstić information content (AvgIpc) is 2.15. The van der Waals surface area contributed by atoms with Gasteiger partial charge in [0.1, 0.15) is 6.10 Å². The lowest BCUT2D eigenvalue weighted by molar-refractivity contribution is 0.0235. The van der Waals surface area contributed by atoms with Crippen molar-refractivity contribution < 1.29 is 9.53 Å². The fraction of sp³-hybridized carbons (Fsp3) is 0.400. The van der Waals surface area contributed by atoms with Gasteiger partial charge in [-0.05, 0) is 19.1 Å². The maximum absolute atomic E-state index is 11.4. The molecule has 1 aliphatic heterocycles. The maximum Gasteiger partial charge on any atom is 0.340 e. The highest BCUT2D eigenvalue weighted by Gasteiger charge is 2.30. The summed E-state index contributed by atoms with van der Waals surface area (Å²) in [5.41, 5.74) is 1.46. The molecule has 13 heavy (non-hydrogen) atoms. The highest BCUT2D eigenvalue weighted by atomic mass is 16.5. The quantitative estimate of drug-likeness (QED) is 0.566. The number of aromatic nitrogens is 1. The van der Waals surface area contributed by atoms with Gasteiger partial charge in [-0.15, -0.1) is 0 Å². The molecule has 1 aromatic heterocycles. The molecular weight excluding hydrogens is 166 g/mol. The standard InChI is InChI=1S/C10H11NO2/c1-6-7(2)13-10(12)8-4-3-5-11-9(6)8/h3-7H,1-2H3/t6-,7+/m1/s1. The fourth-order valence-corrected chi connectivity index (χ4v) is 1.51. The third-order valence-electron chi connectivity index (χ3n) is 2.49. The second kappa shape index (κ2) is 2.83. The van der Waals surface area contributed by atoms with Crippen LogP contribution in [-0.2, 0) is 4.74 Å². The number of hydrogen-bond donors (Lipinski definition) is 0. The highest BCUT2D eigenvalue weighted by molar-refractivity contribution is 5.91. The smallest absolute Gasteiger partial charge is 0.340 e. The monoisotopic (exact) mass is 177 g/mol. The molecule has 0 amide bonds. The molecule has 0 radical (unpaired) electrons. The Labute approximate surface area is 76.7 Å². The van der Waals surface area contributed by atoms with E-state index in [1.807, 2.05) is 13.8 Å². The summed E-state index contributed by atoms with van der Waals surface area (Å²) in [6.45, 7) is 3.91. The van der Waals surface area contributed by atoms with E-state index in [2.05, 4.69) is 4.98 Å². The van der Waals surface area contributed by atoms with Crippen LogP contribution in [0.25, 0.3) is 0 Å². The average molecular weight is 177 g/mol. The SMILES string of the molecule is C[C@@H]1OC(=O)c2cccnc2[C@@H]1C. The van der Waals surface area contributed by atoms with Crippen LogP contribution in [0.3, 0.4) is 0 Å². The first-order valence-corrected chi connectivity index (χ1v) is 4.36. The lowest BCUT2D eigenvalue weighted by atomic mass is 9.94. The Morgan fingerprint density at radius 1 is 1.46 bits per heavy atom. The molecule has 3 nitrogen and oxygen atoms in total. The van der Waals surface area contributed by atoms with Crippen molar-refractivity contribution >= 4 is 5.97 Å². The number of fused-ring (bicyclic) bond motifs is 1. The zero-order valence-corrected chi connectivity index (χ0v) is 7.65. The van der Waals surface area contributed by atoms with Crippen LogP contribution in [0, 0.1) is 0 Å². The molecule has 0 aliphatic carbocycles. The van der Waals surface area contributed by atoms with Gasteiger partial charge in [-0.3, -0.25) is 4.98 Å². The zero-order chi connectivity index (χ0) is 9.42. The first-order valence-electron chi connectivity index (χ1n) is 4.36. The predicted octanol–water partition coefficient (Wildman–Crippen LogP) is 1.74. The van der Waals surface area contributed by atoms with Gasteiger partial charge < -0.3 is 4.74 Å². The first-order chi connectivity index (χ1) is 6.20. The summed E-state index contributed by atoms with van der Waals surface area (Å²) in [6, 6.07) is 3.51. The van der Waals surface area contributed by atoms with Gasteiger partial charge >= 0.3 is 5.97 Å². The Balaban J connectivity index is 2.53. The normalized spacial score (nSPS) is 26.5. The molecule has 2 heterocycles. The molecule has 0 spiro atoms. The Hall–Kier alpha value is -1.38. The summed E-state index contributed by atoms with van der Waals surface area (Å²) >= 11 is 0. The Morgan fingerprint density at radius 2 is 2.23 bits per heavy atom. The van der Waals surface area contributed by atoms with E-state index in [1.54, 1.807) is 18.3 Å². The number of esters is 1. The molecule has 2 atom stereocenters. The van der Waals surface area contributed by atoms with E-state index < -0.39 is 0 Å². The minimum Gasteiger partial charge on any atom is -0.458 e. The summed E-state index contributed by atoms with van der Waals surface area (Å²) in [5, 5.41) is 0. The van der Waals surface area contributed by atoms with Crippen molar-refractivity contribution in [2.45, 2.75) is 25.9 Å². The van der Waals surface area contributed by atoms with Crippen LogP contribution in [-0.4, -0.2) is 17.1 Å². The molecule has 0 N–H and O–H groups in total. The summed E-state index contributed by atoms with van der Waals surface area (Å²) in [5.74, 6) is -0.0670. The van der Waals surface area contributed by atoms with Crippen molar-refractivity contribution in [2.24, 2.45) is 0 Å². The summed E-state index contributed by atoms with van der Waals surface area (Å²) < 4.78 is 5.15. The maximum atomic E-state index is 11.4. The van der Waals surface area contributed by atoms with E-state index >= 15 is 0 Å². The third kappa shape index (κ3) is 1.20. The molecule has 0 saturated heterocycles. The van der Waals surface area contributed by atoms with Gasteiger partial charge in [-0.1, -0.05) is 6.92 Å². The number of pyridine rings is 1. The van der Waals surface area contributed by atoms with Gasteiger partial charge in [0.25, 0.3) is 0 Å². The molecular formula is C10H11NO2. The predicted molar refractivity (Wildman–Crippen MR) is 47.5 cm³/mol. The van der Waals surface area contributed by atoms with E-state index in [1.165, 1.54) is 0 Å². The van der Waals surface area contributed by atoms with Crippen molar-refractivity contribution in [3.05, 3.63) is 29.6 Å². The van der Waals surface area contributed by atoms with Crippen LogP contribution < -0.4 is 0 Å². The zero-order valence-electron chi connectivity index (χ0n) is 7.65. The largest absolute Gasteiger partial charge is 0.458 e. The number of cyclic esters (lactones) is 1. The summed E-state index contributed by atoms with van der Waals surface area (Å²) in [7, 11) is 0. The molecule has 1 aromatic rings. The van der Waals surface area contributed by atoms with Gasteiger partial charge in [0.05, 0.1) is 11.3 Å².